The summed E-state index contributed by atoms with van der Waals surface area (Å²) in [4.78, 5) is 0. The Labute approximate surface area is 201 Å². The van der Waals surface area contributed by atoms with Crippen LogP contribution < -0.4 is 0 Å². The highest BCUT2D eigenvalue weighted by Gasteiger charge is 2.26. The molecule has 2 heteroatoms. The summed E-state index contributed by atoms with van der Waals surface area (Å²) in [6.07, 6.45) is 16.3. The molecule has 2 nitrogen and oxygen atoms in total. The second-order valence-corrected chi connectivity index (χ2v) is 9.90. The van der Waals surface area contributed by atoms with Gasteiger partial charge >= 0.3 is 0 Å². The van der Waals surface area contributed by atoms with Crippen molar-refractivity contribution in [2.45, 2.75) is 103 Å². The lowest BCUT2D eigenvalue weighted by atomic mass is 9.75. The minimum Gasteiger partial charge on any atom is -0.192 e. The fourth-order valence-electron chi connectivity index (χ4n) is 5.49. The summed E-state index contributed by atoms with van der Waals surface area (Å²) in [5, 5.41) is 20.0. The molecule has 0 unspecified atom stereocenters. The van der Waals surface area contributed by atoms with E-state index in [0.717, 1.165) is 41.9 Å². The van der Waals surface area contributed by atoms with Crippen molar-refractivity contribution in [1.82, 2.24) is 0 Å². The summed E-state index contributed by atoms with van der Waals surface area (Å²) in [5.74, 6) is 1.25. The van der Waals surface area contributed by atoms with Gasteiger partial charge in [-0.05, 0) is 67.1 Å². The number of rotatable bonds is 11. The van der Waals surface area contributed by atoms with Crippen LogP contribution in [0.4, 0.5) is 0 Å². The molecule has 0 atom stereocenters. The van der Waals surface area contributed by atoms with Crippen LogP contribution in [0.2, 0.25) is 0 Å². The lowest BCUT2D eigenvalue weighted by Crippen LogP contribution is -2.15. The predicted molar refractivity (Wildman–Crippen MR) is 138 cm³/mol. The van der Waals surface area contributed by atoms with Crippen LogP contribution in [-0.2, 0) is 6.42 Å². The molecule has 0 radical (unpaired) electrons. The van der Waals surface area contributed by atoms with Crippen molar-refractivity contribution in [2.75, 3.05) is 0 Å². The van der Waals surface area contributed by atoms with Gasteiger partial charge in [0.2, 0.25) is 0 Å². The number of nitrogens with zero attached hydrogens (tertiary/aromatic N) is 2. The van der Waals surface area contributed by atoms with Gasteiger partial charge in [0.05, 0.1) is 11.1 Å². The lowest BCUT2D eigenvalue weighted by Gasteiger charge is -2.29. The van der Waals surface area contributed by atoms with Gasteiger partial charge in [0.1, 0.15) is 12.1 Å². The molecule has 0 amide bonds. The van der Waals surface area contributed by atoms with Gasteiger partial charge in [-0.2, -0.15) is 10.5 Å². The summed E-state index contributed by atoms with van der Waals surface area (Å²) in [6.45, 7) is 4.49. The largest absolute Gasteiger partial charge is 0.192 e. The first-order valence-corrected chi connectivity index (χ1v) is 13.3. The highest BCUT2D eigenvalue weighted by Crippen LogP contribution is 2.41. The molecule has 1 fully saturated rings. The maximum atomic E-state index is 10.0. The zero-order valence-corrected chi connectivity index (χ0v) is 20.7. The molecule has 33 heavy (non-hydrogen) atoms. The maximum Gasteiger partial charge on any atom is 0.101 e. The first-order valence-electron chi connectivity index (χ1n) is 13.3. The van der Waals surface area contributed by atoms with Gasteiger partial charge in [0.25, 0.3) is 0 Å². The quantitative estimate of drug-likeness (QED) is 0.327. The van der Waals surface area contributed by atoms with Crippen LogP contribution in [0, 0.1) is 28.6 Å². The number of hydrogen-bond donors (Lipinski definition) is 0. The van der Waals surface area contributed by atoms with E-state index < -0.39 is 0 Å². The van der Waals surface area contributed by atoms with E-state index in [2.05, 4.69) is 62.4 Å². The number of benzene rings is 2. The van der Waals surface area contributed by atoms with E-state index in [0.29, 0.717) is 17.0 Å². The number of unbranched alkanes of at least 4 members (excludes halogenated alkanes) is 5. The Morgan fingerprint density at radius 1 is 0.727 bits per heavy atom. The number of hydrogen-bond acceptors (Lipinski definition) is 2. The third-order valence-corrected chi connectivity index (χ3v) is 7.55. The summed E-state index contributed by atoms with van der Waals surface area (Å²) >= 11 is 0. The molecule has 2 aromatic rings. The highest BCUT2D eigenvalue weighted by atomic mass is 14.3. The van der Waals surface area contributed by atoms with Crippen LogP contribution in [0.3, 0.4) is 0 Å². The Kier molecular flexibility index (Phi) is 10.0. The second-order valence-electron chi connectivity index (χ2n) is 9.90. The van der Waals surface area contributed by atoms with Crippen LogP contribution in [-0.4, -0.2) is 0 Å². The molecule has 2 aromatic carbocycles. The molecule has 0 N–H and O–H groups in total. The van der Waals surface area contributed by atoms with E-state index in [-0.39, 0.29) is 0 Å². The third-order valence-electron chi connectivity index (χ3n) is 7.55. The second kappa shape index (κ2) is 13.2. The zero-order chi connectivity index (χ0) is 23.5. The molecular formula is C31H40N2. The van der Waals surface area contributed by atoms with Crippen LogP contribution in [0.15, 0.2) is 36.4 Å². The van der Waals surface area contributed by atoms with E-state index in [9.17, 15) is 10.5 Å². The van der Waals surface area contributed by atoms with Crippen LogP contribution in [0.25, 0.3) is 11.1 Å². The summed E-state index contributed by atoms with van der Waals surface area (Å²) in [7, 11) is 0. The molecule has 0 spiro atoms. The van der Waals surface area contributed by atoms with Gasteiger partial charge in [0.15, 0.2) is 0 Å². The Bertz CT molecular complexity index is 950. The molecule has 3 rings (SSSR count). The Morgan fingerprint density at radius 3 is 2.03 bits per heavy atom. The van der Waals surface area contributed by atoms with Gasteiger partial charge in [0, 0.05) is 5.56 Å². The first-order chi connectivity index (χ1) is 16.2. The molecule has 174 valence electrons. The fraction of sp³-hybridized carbons (Fsp3) is 0.548. The Morgan fingerprint density at radius 2 is 1.39 bits per heavy atom. The SMILES string of the molecule is CCCCCCC1CCC(c2ccc(-c3ccc(CCCCC)cc3)c(C#N)c2C#N)CC1. The van der Waals surface area contributed by atoms with Crippen molar-refractivity contribution in [1.29, 1.82) is 10.5 Å². The van der Waals surface area contributed by atoms with Gasteiger partial charge in [-0.1, -0.05) is 95.2 Å². The Balaban J connectivity index is 1.72. The van der Waals surface area contributed by atoms with Crippen molar-refractivity contribution < 1.29 is 0 Å². The van der Waals surface area contributed by atoms with Crippen LogP contribution in [0.5, 0.6) is 0 Å². The normalized spacial score (nSPS) is 17.9. The predicted octanol–water partition coefficient (Wildman–Crippen LogP) is 9.07. The third kappa shape index (κ3) is 6.71. The van der Waals surface area contributed by atoms with Crippen molar-refractivity contribution in [2.24, 2.45) is 5.92 Å². The van der Waals surface area contributed by atoms with E-state index in [4.69, 9.17) is 0 Å². The molecule has 0 saturated heterocycles. The van der Waals surface area contributed by atoms with Crippen molar-refractivity contribution >= 4 is 0 Å². The molecule has 1 saturated carbocycles. The maximum absolute atomic E-state index is 10.0. The van der Waals surface area contributed by atoms with Crippen LogP contribution in [0.1, 0.15) is 119 Å². The molecule has 0 aliphatic heterocycles. The monoisotopic (exact) mass is 440 g/mol. The number of nitriles is 2. The molecule has 0 heterocycles. The minimum atomic E-state index is 0.411. The molecule has 1 aliphatic carbocycles. The van der Waals surface area contributed by atoms with Crippen molar-refractivity contribution in [3.05, 3.63) is 58.7 Å². The Hall–Kier alpha value is -2.58. The number of aryl methyl sites for hydroxylation is 1. The van der Waals surface area contributed by atoms with E-state index in [1.54, 1.807) is 0 Å². The summed E-state index contributed by atoms with van der Waals surface area (Å²) in [6, 6.07) is 17.6. The molecular weight excluding hydrogens is 400 g/mol. The molecule has 1 aliphatic rings. The fourth-order valence-corrected chi connectivity index (χ4v) is 5.49. The first kappa shape index (κ1) is 25.1. The van der Waals surface area contributed by atoms with Gasteiger partial charge in [-0.25, -0.2) is 0 Å². The van der Waals surface area contributed by atoms with Gasteiger partial charge < -0.3 is 0 Å². The average Bonchev–Trinajstić information content (AvgIpc) is 2.86. The smallest absolute Gasteiger partial charge is 0.101 e. The minimum absolute atomic E-state index is 0.411. The average molecular weight is 441 g/mol. The zero-order valence-electron chi connectivity index (χ0n) is 20.7. The molecule has 0 bridgehead atoms. The van der Waals surface area contributed by atoms with Crippen molar-refractivity contribution in [3.8, 4) is 23.3 Å². The van der Waals surface area contributed by atoms with Crippen molar-refractivity contribution in [3.63, 3.8) is 0 Å². The van der Waals surface area contributed by atoms with E-state index in [1.807, 2.05) is 0 Å². The highest BCUT2D eigenvalue weighted by molar-refractivity contribution is 5.75. The standard InChI is InChI=1S/C31H40N2/c1-3-5-7-9-11-25-14-18-27(19-15-25)29-21-20-28(30(22-32)31(29)23-33)26-16-12-24(13-17-26)10-8-6-4-2/h12-13,16-17,20-21,25,27H,3-11,14-15,18-19H2,1-2H3. The lowest BCUT2D eigenvalue weighted by molar-refractivity contribution is 0.302. The summed E-state index contributed by atoms with van der Waals surface area (Å²) < 4.78 is 0. The van der Waals surface area contributed by atoms with E-state index >= 15 is 0 Å². The topological polar surface area (TPSA) is 47.6 Å². The van der Waals surface area contributed by atoms with Gasteiger partial charge in [-0.15, -0.1) is 0 Å². The van der Waals surface area contributed by atoms with E-state index in [1.165, 1.54) is 69.8 Å². The van der Waals surface area contributed by atoms with Gasteiger partial charge in [-0.3, -0.25) is 0 Å². The van der Waals surface area contributed by atoms with Crippen LogP contribution >= 0.6 is 0 Å². The molecule has 0 aromatic heterocycles. The summed E-state index contributed by atoms with van der Waals surface area (Å²) in [5.41, 5.74) is 5.52.